The van der Waals surface area contributed by atoms with Crippen LogP contribution in [-0.2, 0) is 0 Å². The number of hydrogen-bond donors (Lipinski definition) is 1. The van der Waals surface area contributed by atoms with Gasteiger partial charge in [0, 0.05) is 0 Å². The van der Waals surface area contributed by atoms with Crippen molar-refractivity contribution in [3.05, 3.63) is 36.5 Å². The summed E-state index contributed by atoms with van der Waals surface area (Å²) in [4.78, 5) is 0. The molecule has 0 rings (SSSR count). The van der Waals surface area contributed by atoms with Gasteiger partial charge in [0.15, 0.2) is 0 Å². The van der Waals surface area contributed by atoms with E-state index in [0.717, 1.165) is 18.4 Å². The van der Waals surface area contributed by atoms with Gasteiger partial charge in [0.25, 0.3) is 0 Å². The van der Waals surface area contributed by atoms with Crippen molar-refractivity contribution >= 4 is 0 Å². The molecule has 0 amide bonds. The molecule has 0 radical (unpaired) electrons. The van der Waals surface area contributed by atoms with Crippen LogP contribution in [0.2, 0.25) is 0 Å². The van der Waals surface area contributed by atoms with Crippen LogP contribution in [0.5, 0.6) is 0 Å². The maximum atomic E-state index is 9.96. The monoisotopic (exact) mass is 222 g/mol. The third-order valence-electron chi connectivity index (χ3n) is 2.64. The standard InChI is InChI=1S/C15H26O/c1-4-7-8-9-10-13-15(16)14(11-5-2)12-6-3/h5-6,11-12,15-16H,2,4,7-10,13H2,1,3H3/b12-6-,14-11+. The summed E-state index contributed by atoms with van der Waals surface area (Å²) in [7, 11) is 0. The lowest BCUT2D eigenvalue weighted by atomic mass is 10.0. The van der Waals surface area contributed by atoms with E-state index in [1.165, 1.54) is 25.7 Å². The van der Waals surface area contributed by atoms with E-state index in [4.69, 9.17) is 0 Å². The molecule has 0 saturated carbocycles. The fraction of sp³-hybridized carbons (Fsp3) is 0.600. The van der Waals surface area contributed by atoms with Gasteiger partial charge in [-0.2, -0.15) is 0 Å². The Bertz CT molecular complexity index is 226. The summed E-state index contributed by atoms with van der Waals surface area (Å²) in [5, 5.41) is 9.96. The van der Waals surface area contributed by atoms with Crippen molar-refractivity contribution in [2.24, 2.45) is 0 Å². The molecule has 16 heavy (non-hydrogen) atoms. The maximum Gasteiger partial charge on any atom is 0.0789 e. The minimum Gasteiger partial charge on any atom is -0.388 e. The predicted molar refractivity (Wildman–Crippen MR) is 72.5 cm³/mol. The Morgan fingerprint density at radius 3 is 2.50 bits per heavy atom. The summed E-state index contributed by atoms with van der Waals surface area (Å²) in [6.45, 7) is 7.84. The van der Waals surface area contributed by atoms with Crippen molar-refractivity contribution in [2.45, 2.75) is 58.5 Å². The Hall–Kier alpha value is -0.820. The number of aliphatic hydroxyl groups is 1. The Labute approximate surface area is 101 Å². The van der Waals surface area contributed by atoms with E-state index in [2.05, 4.69) is 13.5 Å². The van der Waals surface area contributed by atoms with Gasteiger partial charge in [-0.3, -0.25) is 0 Å². The van der Waals surface area contributed by atoms with Crippen LogP contribution in [0.4, 0.5) is 0 Å². The lowest BCUT2D eigenvalue weighted by molar-refractivity contribution is 0.199. The summed E-state index contributed by atoms with van der Waals surface area (Å²) in [5.41, 5.74) is 0.966. The second kappa shape index (κ2) is 10.7. The first-order valence-electron chi connectivity index (χ1n) is 6.39. The summed E-state index contributed by atoms with van der Waals surface area (Å²) < 4.78 is 0. The molecule has 0 heterocycles. The average molecular weight is 222 g/mol. The molecule has 92 valence electrons. The summed E-state index contributed by atoms with van der Waals surface area (Å²) in [5.74, 6) is 0. The molecule has 1 heteroatoms. The Morgan fingerprint density at radius 2 is 1.94 bits per heavy atom. The van der Waals surface area contributed by atoms with Gasteiger partial charge in [0.05, 0.1) is 6.10 Å². The lowest BCUT2D eigenvalue weighted by Gasteiger charge is -2.11. The van der Waals surface area contributed by atoms with Crippen LogP contribution in [0.25, 0.3) is 0 Å². The van der Waals surface area contributed by atoms with E-state index < -0.39 is 0 Å². The zero-order valence-electron chi connectivity index (χ0n) is 10.8. The molecule has 0 aliphatic carbocycles. The van der Waals surface area contributed by atoms with Gasteiger partial charge in [-0.05, 0) is 18.9 Å². The van der Waals surface area contributed by atoms with Crippen molar-refractivity contribution in [1.82, 2.24) is 0 Å². The van der Waals surface area contributed by atoms with Crippen LogP contribution >= 0.6 is 0 Å². The fourth-order valence-electron chi connectivity index (χ4n) is 1.71. The molecule has 0 aromatic heterocycles. The van der Waals surface area contributed by atoms with Crippen LogP contribution in [0, 0.1) is 0 Å². The van der Waals surface area contributed by atoms with Crippen LogP contribution < -0.4 is 0 Å². The quantitative estimate of drug-likeness (QED) is 0.453. The molecular formula is C15H26O. The first kappa shape index (κ1) is 15.2. The number of rotatable bonds is 9. The molecule has 0 aromatic rings. The lowest BCUT2D eigenvalue weighted by Crippen LogP contribution is -2.08. The third kappa shape index (κ3) is 7.47. The van der Waals surface area contributed by atoms with Gasteiger partial charge in [0.2, 0.25) is 0 Å². The molecule has 0 saturated heterocycles. The van der Waals surface area contributed by atoms with Crippen LogP contribution in [-0.4, -0.2) is 11.2 Å². The van der Waals surface area contributed by atoms with Gasteiger partial charge >= 0.3 is 0 Å². The molecule has 0 spiro atoms. The minimum atomic E-state index is -0.337. The topological polar surface area (TPSA) is 20.2 Å². The number of allylic oxidation sites excluding steroid dienone is 3. The predicted octanol–water partition coefficient (Wildman–Crippen LogP) is 4.40. The van der Waals surface area contributed by atoms with E-state index in [1.807, 2.05) is 25.2 Å². The van der Waals surface area contributed by atoms with Crippen molar-refractivity contribution < 1.29 is 5.11 Å². The second-order valence-electron chi connectivity index (χ2n) is 4.12. The number of aliphatic hydroxyl groups excluding tert-OH is 1. The van der Waals surface area contributed by atoms with Crippen LogP contribution in [0.1, 0.15) is 52.4 Å². The molecular weight excluding hydrogens is 196 g/mol. The Kier molecular flexibility index (Phi) is 10.1. The number of hydrogen-bond acceptors (Lipinski definition) is 1. The first-order valence-corrected chi connectivity index (χ1v) is 6.39. The van der Waals surface area contributed by atoms with Crippen LogP contribution in [0.15, 0.2) is 36.5 Å². The third-order valence-corrected chi connectivity index (χ3v) is 2.64. The zero-order valence-corrected chi connectivity index (χ0v) is 10.8. The zero-order chi connectivity index (χ0) is 12.2. The SMILES string of the molecule is C=C/C=C(\C=C/C)C(O)CCCCCCC. The van der Waals surface area contributed by atoms with E-state index >= 15 is 0 Å². The number of unbranched alkanes of at least 4 members (excludes halogenated alkanes) is 4. The maximum absolute atomic E-state index is 9.96. The van der Waals surface area contributed by atoms with Gasteiger partial charge in [-0.1, -0.05) is 69.9 Å². The molecule has 1 nitrogen and oxygen atoms in total. The van der Waals surface area contributed by atoms with Gasteiger partial charge in [-0.15, -0.1) is 0 Å². The van der Waals surface area contributed by atoms with E-state index in [0.29, 0.717) is 0 Å². The molecule has 0 fully saturated rings. The molecule has 0 aliphatic heterocycles. The highest BCUT2D eigenvalue weighted by molar-refractivity contribution is 5.26. The molecule has 1 N–H and O–H groups in total. The van der Waals surface area contributed by atoms with Gasteiger partial charge < -0.3 is 5.11 Å². The highest BCUT2D eigenvalue weighted by Gasteiger charge is 2.06. The highest BCUT2D eigenvalue weighted by Crippen LogP contribution is 2.14. The van der Waals surface area contributed by atoms with E-state index in [-0.39, 0.29) is 6.10 Å². The summed E-state index contributed by atoms with van der Waals surface area (Å²) in [6, 6.07) is 0. The Balaban J connectivity index is 3.88. The first-order chi connectivity index (χ1) is 7.76. The largest absolute Gasteiger partial charge is 0.388 e. The highest BCUT2D eigenvalue weighted by atomic mass is 16.3. The summed E-state index contributed by atoms with van der Waals surface area (Å²) >= 11 is 0. The normalized spacial score (nSPS) is 14.3. The van der Waals surface area contributed by atoms with Crippen molar-refractivity contribution in [3.8, 4) is 0 Å². The molecule has 1 atom stereocenters. The van der Waals surface area contributed by atoms with Gasteiger partial charge in [-0.25, -0.2) is 0 Å². The van der Waals surface area contributed by atoms with Crippen molar-refractivity contribution in [2.75, 3.05) is 0 Å². The summed E-state index contributed by atoms with van der Waals surface area (Å²) in [6.07, 6.45) is 14.2. The van der Waals surface area contributed by atoms with Crippen LogP contribution in [0.3, 0.4) is 0 Å². The molecule has 1 unspecified atom stereocenters. The molecule has 0 aromatic carbocycles. The smallest absolute Gasteiger partial charge is 0.0789 e. The van der Waals surface area contributed by atoms with E-state index in [1.54, 1.807) is 6.08 Å². The Morgan fingerprint density at radius 1 is 1.25 bits per heavy atom. The minimum absolute atomic E-state index is 0.337. The van der Waals surface area contributed by atoms with Gasteiger partial charge in [0.1, 0.15) is 0 Å². The van der Waals surface area contributed by atoms with Crippen molar-refractivity contribution in [1.29, 1.82) is 0 Å². The van der Waals surface area contributed by atoms with Crippen molar-refractivity contribution in [3.63, 3.8) is 0 Å². The fourth-order valence-corrected chi connectivity index (χ4v) is 1.71. The molecule has 0 bridgehead atoms. The average Bonchev–Trinajstić information content (AvgIpc) is 2.28. The van der Waals surface area contributed by atoms with E-state index in [9.17, 15) is 5.11 Å². The second-order valence-corrected chi connectivity index (χ2v) is 4.12. The molecule has 0 aliphatic rings.